The molecule has 0 saturated heterocycles. The lowest BCUT2D eigenvalue weighted by Crippen LogP contribution is -2.30. The highest BCUT2D eigenvalue weighted by molar-refractivity contribution is 5.37. The second kappa shape index (κ2) is 6.06. The minimum absolute atomic E-state index is 0.601. The van der Waals surface area contributed by atoms with Gasteiger partial charge in [-0.15, -0.1) is 0 Å². The largest absolute Gasteiger partial charge is 0.496 e. The van der Waals surface area contributed by atoms with E-state index in [0.717, 1.165) is 30.6 Å². The molecule has 1 unspecified atom stereocenters. The molecule has 0 fully saturated rings. The maximum Gasteiger partial charge on any atom is 0.122 e. The minimum atomic E-state index is -0.601. The molecule has 1 aromatic carbocycles. The van der Waals surface area contributed by atoms with Gasteiger partial charge in [-0.3, -0.25) is 0 Å². The molecule has 0 aliphatic carbocycles. The van der Waals surface area contributed by atoms with Crippen LogP contribution in [-0.2, 0) is 6.42 Å². The monoisotopic (exact) mass is 236 g/mol. The van der Waals surface area contributed by atoms with Crippen LogP contribution in [0.4, 0.5) is 0 Å². The molecule has 1 atom stereocenters. The van der Waals surface area contributed by atoms with Crippen LogP contribution in [-0.4, -0.2) is 17.8 Å². The topological polar surface area (TPSA) is 29.5 Å². The van der Waals surface area contributed by atoms with Gasteiger partial charge in [-0.2, -0.15) is 0 Å². The maximum absolute atomic E-state index is 10.5. The minimum Gasteiger partial charge on any atom is -0.496 e. The summed E-state index contributed by atoms with van der Waals surface area (Å²) in [5.41, 5.74) is 1.71. The molecule has 17 heavy (non-hydrogen) atoms. The lowest BCUT2D eigenvalue weighted by molar-refractivity contribution is 0.0265. The maximum atomic E-state index is 10.5. The third-order valence-electron chi connectivity index (χ3n) is 3.33. The number of hydrogen-bond acceptors (Lipinski definition) is 2. The molecular formula is C15H24O2. The molecule has 0 spiro atoms. The van der Waals surface area contributed by atoms with Gasteiger partial charge in [0.1, 0.15) is 5.75 Å². The van der Waals surface area contributed by atoms with E-state index in [-0.39, 0.29) is 0 Å². The van der Waals surface area contributed by atoms with Gasteiger partial charge in [0.25, 0.3) is 0 Å². The van der Waals surface area contributed by atoms with E-state index in [1.807, 2.05) is 19.1 Å². The Bertz CT molecular complexity index is 360. The van der Waals surface area contributed by atoms with Crippen LogP contribution in [0.3, 0.4) is 0 Å². The van der Waals surface area contributed by atoms with Crippen LogP contribution < -0.4 is 4.74 Å². The van der Waals surface area contributed by atoms with E-state index in [2.05, 4.69) is 19.9 Å². The van der Waals surface area contributed by atoms with Gasteiger partial charge in [0, 0.05) is 6.42 Å². The van der Waals surface area contributed by atoms with Gasteiger partial charge >= 0.3 is 0 Å². The molecule has 1 aromatic rings. The van der Waals surface area contributed by atoms with Crippen molar-refractivity contribution in [2.45, 2.75) is 52.1 Å². The summed E-state index contributed by atoms with van der Waals surface area (Å²) in [5.74, 6) is 0.874. The number of ether oxygens (including phenoxy) is 1. The van der Waals surface area contributed by atoms with Crippen molar-refractivity contribution in [3.05, 3.63) is 29.3 Å². The first-order valence-corrected chi connectivity index (χ1v) is 6.40. The zero-order chi connectivity index (χ0) is 12.9. The highest BCUT2D eigenvalue weighted by atomic mass is 16.5. The van der Waals surface area contributed by atoms with Crippen molar-refractivity contribution in [2.24, 2.45) is 0 Å². The van der Waals surface area contributed by atoms with Gasteiger partial charge in [0.15, 0.2) is 0 Å². The molecule has 0 aromatic heterocycles. The highest BCUT2D eigenvalue weighted by Crippen LogP contribution is 2.28. The average molecular weight is 236 g/mol. The van der Waals surface area contributed by atoms with Crippen LogP contribution in [0.1, 0.15) is 44.2 Å². The van der Waals surface area contributed by atoms with Crippen LogP contribution in [0, 0.1) is 6.92 Å². The fourth-order valence-corrected chi connectivity index (χ4v) is 2.26. The van der Waals surface area contributed by atoms with E-state index >= 15 is 0 Å². The standard InChI is InChI=1S/C15H24O2/c1-5-9-15(16,6-2)11-13-10-12(3)7-8-14(13)17-4/h7-8,10,16H,5-6,9,11H2,1-4H3. The summed E-state index contributed by atoms with van der Waals surface area (Å²) >= 11 is 0. The van der Waals surface area contributed by atoms with Crippen molar-refractivity contribution in [1.82, 2.24) is 0 Å². The molecule has 0 saturated carbocycles. The molecule has 0 amide bonds. The number of aryl methyl sites for hydroxylation is 1. The van der Waals surface area contributed by atoms with Gasteiger partial charge in [-0.25, -0.2) is 0 Å². The number of rotatable bonds is 6. The Hall–Kier alpha value is -1.02. The van der Waals surface area contributed by atoms with E-state index in [9.17, 15) is 5.11 Å². The van der Waals surface area contributed by atoms with E-state index in [0.29, 0.717) is 6.42 Å². The summed E-state index contributed by atoms with van der Waals surface area (Å²) in [5, 5.41) is 10.5. The van der Waals surface area contributed by atoms with Crippen molar-refractivity contribution >= 4 is 0 Å². The second-order valence-electron chi connectivity index (χ2n) is 4.82. The van der Waals surface area contributed by atoms with Crippen molar-refractivity contribution in [2.75, 3.05) is 7.11 Å². The van der Waals surface area contributed by atoms with Crippen LogP contribution in [0.25, 0.3) is 0 Å². The zero-order valence-electron chi connectivity index (χ0n) is 11.4. The zero-order valence-corrected chi connectivity index (χ0v) is 11.4. The molecule has 96 valence electrons. The fraction of sp³-hybridized carbons (Fsp3) is 0.600. The first-order valence-electron chi connectivity index (χ1n) is 6.40. The van der Waals surface area contributed by atoms with Gasteiger partial charge in [0.05, 0.1) is 12.7 Å². The van der Waals surface area contributed by atoms with Crippen molar-refractivity contribution in [1.29, 1.82) is 0 Å². The Labute approximate surface area is 105 Å². The molecule has 0 aliphatic heterocycles. The summed E-state index contributed by atoms with van der Waals surface area (Å²) in [4.78, 5) is 0. The smallest absolute Gasteiger partial charge is 0.122 e. The van der Waals surface area contributed by atoms with Gasteiger partial charge in [0.2, 0.25) is 0 Å². The summed E-state index contributed by atoms with van der Waals surface area (Å²) in [6, 6.07) is 6.12. The lowest BCUT2D eigenvalue weighted by atomic mass is 9.87. The summed E-state index contributed by atoms with van der Waals surface area (Å²) in [6.45, 7) is 6.21. The Kier molecular flexibility index (Phi) is 5.01. The van der Waals surface area contributed by atoms with Gasteiger partial charge < -0.3 is 9.84 Å². The first kappa shape index (κ1) is 14.0. The highest BCUT2D eigenvalue weighted by Gasteiger charge is 2.25. The quantitative estimate of drug-likeness (QED) is 0.819. The van der Waals surface area contributed by atoms with Crippen LogP contribution in [0.5, 0.6) is 5.75 Å². The lowest BCUT2D eigenvalue weighted by Gasteiger charge is -2.27. The Morgan fingerprint density at radius 2 is 2.00 bits per heavy atom. The van der Waals surface area contributed by atoms with E-state index in [1.165, 1.54) is 5.56 Å². The Morgan fingerprint density at radius 1 is 1.29 bits per heavy atom. The molecule has 1 rings (SSSR count). The summed E-state index contributed by atoms with van der Waals surface area (Å²) in [7, 11) is 1.68. The number of benzene rings is 1. The average Bonchev–Trinajstić information content (AvgIpc) is 2.29. The van der Waals surface area contributed by atoms with Crippen LogP contribution in [0.15, 0.2) is 18.2 Å². The number of hydrogen-bond donors (Lipinski definition) is 1. The SMILES string of the molecule is CCCC(O)(CC)Cc1cc(C)ccc1OC. The third-order valence-corrected chi connectivity index (χ3v) is 3.33. The third kappa shape index (κ3) is 3.74. The number of methoxy groups -OCH3 is 1. The summed E-state index contributed by atoms with van der Waals surface area (Å²) in [6.07, 6.45) is 3.28. The Morgan fingerprint density at radius 3 is 2.53 bits per heavy atom. The fourth-order valence-electron chi connectivity index (χ4n) is 2.26. The van der Waals surface area contributed by atoms with E-state index in [4.69, 9.17) is 4.74 Å². The normalized spacial score (nSPS) is 14.4. The van der Waals surface area contributed by atoms with Gasteiger partial charge in [-0.1, -0.05) is 38.0 Å². The molecule has 2 heteroatoms. The summed E-state index contributed by atoms with van der Waals surface area (Å²) < 4.78 is 5.36. The van der Waals surface area contributed by atoms with E-state index in [1.54, 1.807) is 7.11 Å². The van der Waals surface area contributed by atoms with E-state index < -0.39 is 5.60 Å². The molecule has 0 bridgehead atoms. The van der Waals surface area contributed by atoms with Crippen LogP contribution in [0.2, 0.25) is 0 Å². The van der Waals surface area contributed by atoms with Crippen molar-refractivity contribution in [3.8, 4) is 5.75 Å². The molecule has 2 nitrogen and oxygen atoms in total. The second-order valence-corrected chi connectivity index (χ2v) is 4.82. The number of aliphatic hydroxyl groups is 1. The molecule has 0 radical (unpaired) electrons. The van der Waals surface area contributed by atoms with Crippen molar-refractivity contribution < 1.29 is 9.84 Å². The predicted octanol–water partition coefficient (Wildman–Crippen LogP) is 3.49. The Balaban J connectivity index is 2.95. The molecule has 0 aliphatic rings. The molecular weight excluding hydrogens is 212 g/mol. The van der Waals surface area contributed by atoms with Crippen LogP contribution >= 0.6 is 0 Å². The van der Waals surface area contributed by atoms with Gasteiger partial charge in [-0.05, 0) is 31.4 Å². The van der Waals surface area contributed by atoms with Crippen molar-refractivity contribution in [3.63, 3.8) is 0 Å². The molecule has 0 heterocycles. The predicted molar refractivity (Wildman–Crippen MR) is 71.6 cm³/mol. The first-order chi connectivity index (χ1) is 8.04. The molecule has 1 N–H and O–H groups in total.